The number of benzene rings is 3. The monoisotopic (exact) mass is 407 g/mol. The van der Waals surface area contributed by atoms with Gasteiger partial charge in [0, 0.05) is 34.0 Å². The molecule has 7 nitrogen and oxygen atoms in total. The van der Waals surface area contributed by atoms with Gasteiger partial charge in [-0.15, -0.1) is 11.8 Å². The van der Waals surface area contributed by atoms with E-state index in [-0.39, 0.29) is 22.9 Å². The number of anilines is 2. The zero-order valence-corrected chi connectivity index (χ0v) is 16.0. The van der Waals surface area contributed by atoms with Gasteiger partial charge in [0.2, 0.25) is 5.91 Å². The normalized spacial score (nSPS) is 10.2. The number of nitro groups is 1. The first-order chi connectivity index (χ1) is 14.0. The van der Waals surface area contributed by atoms with E-state index < -0.39 is 10.8 Å². The number of amides is 2. The highest BCUT2D eigenvalue weighted by molar-refractivity contribution is 8.00. The summed E-state index contributed by atoms with van der Waals surface area (Å²) in [6.07, 6.45) is 0. The molecule has 8 heteroatoms. The van der Waals surface area contributed by atoms with Crippen molar-refractivity contribution >= 4 is 40.6 Å². The highest BCUT2D eigenvalue weighted by atomic mass is 32.2. The minimum Gasteiger partial charge on any atom is -0.325 e. The van der Waals surface area contributed by atoms with Crippen molar-refractivity contribution in [2.45, 2.75) is 4.90 Å². The fourth-order valence-electron chi connectivity index (χ4n) is 2.47. The predicted molar refractivity (Wildman–Crippen MR) is 113 cm³/mol. The van der Waals surface area contributed by atoms with Crippen LogP contribution in [0.5, 0.6) is 0 Å². The fourth-order valence-corrected chi connectivity index (χ4v) is 3.16. The van der Waals surface area contributed by atoms with Gasteiger partial charge in [0.25, 0.3) is 11.6 Å². The molecule has 2 amide bonds. The second-order valence-corrected chi connectivity index (χ2v) is 7.04. The molecule has 0 aliphatic heterocycles. The molecule has 3 aromatic carbocycles. The summed E-state index contributed by atoms with van der Waals surface area (Å²) >= 11 is 1.38. The van der Waals surface area contributed by atoms with Crippen LogP contribution in [0, 0.1) is 10.1 Å². The Morgan fingerprint density at radius 3 is 2.24 bits per heavy atom. The summed E-state index contributed by atoms with van der Waals surface area (Å²) in [6.45, 7) is 0. The van der Waals surface area contributed by atoms with Crippen LogP contribution < -0.4 is 10.6 Å². The highest BCUT2D eigenvalue weighted by Crippen LogP contribution is 2.21. The summed E-state index contributed by atoms with van der Waals surface area (Å²) in [5.74, 6) is -0.283. The van der Waals surface area contributed by atoms with Gasteiger partial charge in [0.05, 0.1) is 10.7 Å². The van der Waals surface area contributed by atoms with E-state index in [1.165, 1.54) is 36.0 Å². The summed E-state index contributed by atoms with van der Waals surface area (Å²) in [5.41, 5.74) is 1.37. The maximum absolute atomic E-state index is 12.3. The van der Waals surface area contributed by atoms with Crippen LogP contribution in [-0.2, 0) is 4.79 Å². The number of rotatable bonds is 7. The molecule has 0 saturated carbocycles. The number of carbonyl (C=O) groups excluding carboxylic acids is 2. The van der Waals surface area contributed by atoms with Crippen LogP contribution in [0.15, 0.2) is 83.8 Å². The van der Waals surface area contributed by atoms with Crippen molar-refractivity contribution in [1.29, 1.82) is 0 Å². The Balaban J connectivity index is 1.53. The summed E-state index contributed by atoms with van der Waals surface area (Å²) < 4.78 is 0. The van der Waals surface area contributed by atoms with Gasteiger partial charge in [0.1, 0.15) is 0 Å². The number of thioether (sulfide) groups is 1. The second-order valence-electron chi connectivity index (χ2n) is 5.99. The first-order valence-electron chi connectivity index (χ1n) is 8.65. The average Bonchev–Trinajstić information content (AvgIpc) is 2.74. The summed E-state index contributed by atoms with van der Waals surface area (Å²) in [4.78, 5) is 35.4. The highest BCUT2D eigenvalue weighted by Gasteiger charge is 2.12. The smallest absolute Gasteiger partial charge is 0.270 e. The van der Waals surface area contributed by atoms with E-state index >= 15 is 0 Å². The van der Waals surface area contributed by atoms with E-state index in [1.54, 1.807) is 24.3 Å². The maximum atomic E-state index is 12.3. The van der Waals surface area contributed by atoms with Crippen LogP contribution in [0.4, 0.5) is 17.1 Å². The molecule has 0 aromatic heterocycles. The van der Waals surface area contributed by atoms with Crippen LogP contribution in [-0.4, -0.2) is 22.5 Å². The molecule has 0 fully saturated rings. The quantitative estimate of drug-likeness (QED) is 0.339. The van der Waals surface area contributed by atoms with Crippen LogP contribution in [0.1, 0.15) is 10.4 Å². The lowest BCUT2D eigenvalue weighted by atomic mass is 10.2. The van der Waals surface area contributed by atoms with Crippen molar-refractivity contribution in [3.63, 3.8) is 0 Å². The molecule has 29 heavy (non-hydrogen) atoms. The molecule has 3 rings (SSSR count). The number of nitrogens with one attached hydrogen (secondary N) is 2. The van der Waals surface area contributed by atoms with Gasteiger partial charge in [-0.1, -0.05) is 24.3 Å². The van der Waals surface area contributed by atoms with Crippen LogP contribution in [0.25, 0.3) is 0 Å². The minimum atomic E-state index is -0.545. The second kappa shape index (κ2) is 9.52. The zero-order valence-electron chi connectivity index (χ0n) is 15.2. The van der Waals surface area contributed by atoms with E-state index in [0.29, 0.717) is 5.69 Å². The van der Waals surface area contributed by atoms with Crippen LogP contribution in [0.3, 0.4) is 0 Å². The molecule has 0 spiro atoms. The molecule has 0 aliphatic carbocycles. The van der Waals surface area contributed by atoms with Crippen molar-refractivity contribution < 1.29 is 14.5 Å². The SMILES string of the molecule is O=C(CSc1ccc(NC(=O)c2cccc([N+](=O)[O-])c2)cc1)Nc1ccccc1. The van der Waals surface area contributed by atoms with Gasteiger partial charge in [0.15, 0.2) is 0 Å². The van der Waals surface area contributed by atoms with Gasteiger partial charge >= 0.3 is 0 Å². The van der Waals surface area contributed by atoms with E-state index in [1.807, 2.05) is 30.3 Å². The van der Waals surface area contributed by atoms with Crippen molar-refractivity contribution in [3.8, 4) is 0 Å². The van der Waals surface area contributed by atoms with Gasteiger partial charge in [-0.25, -0.2) is 0 Å². The van der Waals surface area contributed by atoms with Gasteiger partial charge < -0.3 is 10.6 Å². The van der Waals surface area contributed by atoms with E-state index in [2.05, 4.69) is 10.6 Å². The van der Waals surface area contributed by atoms with Crippen LogP contribution in [0.2, 0.25) is 0 Å². The lowest BCUT2D eigenvalue weighted by molar-refractivity contribution is -0.384. The summed E-state index contributed by atoms with van der Waals surface area (Å²) in [6, 6.07) is 21.8. The van der Waals surface area contributed by atoms with E-state index in [4.69, 9.17) is 0 Å². The number of carbonyl (C=O) groups is 2. The number of hydrogen-bond donors (Lipinski definition) is 2. The largest absolute Gasteiger partial charge is 0.325 e. The average molecular weight is 407 g/mol. The molecule has 0 saturated heterocycles. The fraction of sp³-hybridized carbons (Fsp3) is 0.0476. The Labute approximate surface area is 171 Å². The van der Waals surface area contributed by atoms with Gasteiger partial charge in [-0.2, -0.15) is 0 Å². The third-order valence-electron chi connectivity index (χ3n) is 3.86. The zero-order chi connectivity index (χ0) is 20.6. The molecule has 0 bridgehead atoms. The first kappa shape index (κ1) is 20.1. The lowest BCUT2D eigenvalue weighted by Crippen LogP contribution is -2.13. The number of hydrogen-bond acceptors (Lipinski definition) is 5. The number of para-hydroxylation sites is 1. The Morgan fingerprint density at radius 2 is 1.55 bits per heavy atom. The minimum absolute atomic E-state index is 0.107. The Kier molecular flexibility index (Phi) is 6.59. The molecule has 0 aliphatic rings. The van der Waals surface area contributed by atoms with Gasteiger partial charge in [-0.05, 0) is 42.5 Å². The van der Waals surface area contributed by atoms with Crippen molar-refractivity contribution in [1.82, 2.24) is 0 Å². The Morgan fingerprint density at radius 1 is 0.862 bits per heavy atom. The maximum Gasteiger partial charge on any atom is 0.270 e. The van der Waals surface area contributed by atoms with E-state index in [9.17, 15) is 19.7 Å². The summed E-state index contributed by atoms with van der Waals surface area (Å²) in [5, 5.41) is 16.3. The molecule has 3 aromatic rings. The molecule has 0 atom stereocenters. The van der Waals surface area contributed by atoms with Crippen molar-refractivity contribution in [2.24, 2.45) is 0 Å². The van der Waals surface area contributed by atoms with Gasteiger partial charge in [-0.3, -0.25) is 19.7 Å². The Hall–Kier alpha value is -3.65. The van der Waals surface area contributed by atoms with Crippen molar-refractivity contribution in [3.05, 3.63) is 94.5 Å². The molecule has 0 radical (unpaired) electrons. The lowest BCUT2D eigenvalue weighted by Gasteiger charge is -2.07. The van der Waals surface area contributed by atoms with Crippen molar-refractivity contribution in [2.75, 3.05) is 16.4 Å². The first-order valence-corrected chi connectivity index (χ1v) is 9.63. The molecule has 0 heterocycles. The molecular formula is C21H17N3O4S. The molecular weight excluding hydrogens is 390 g/mol. The van der Waals surface area contributed by atoms with Crippen LogP contribution >= 0.6 is 11.8 Å². The Bertz CT molecular complexity index is 1020. The summed E-state index contributed by atoms with van der Waals surface area (Å²) in [7, 11) is 0. The third kappa shape index (κ3) is 5.91. The standard InChI is InChI=1S/C21H17N3O4S/c25-20(22-16-6-2-1-3-7-16)14-29-19-11-9-17(10-12-19)23-21(26)15-5-4-8-18(13-15)24(27)28/h1-13H,14H2,(H,22,25)(H,23,26). The van der Waals surface area contributed by atoms with E-state index in [0.717, 1.165) is 10.6 Å². The number of nitro benzene ring substituents is 1. The molecule has 146 valence electrons. The number of nitrogens with zero attached hydrogens (tertiary/aromatic N) is 1. The topological polar surface area (TPSA) is 101 Å². The molecule has 0 unspecified atom stereocenters. The number of non-ortho nitro benzene ring substituents is 1. The predicted octanol–water partition coefficient (Wildman–Crippen LogP) is 4.58. The molecule has 2 N–H and O–H groups in total. The third-order valence-corrected chi connectivity index (χ3v) is 4.87.